The van der Waals surface area contributed by atoms with Gasteiger partial charge in [-0.3, -0.25) is 0 Å². The molecule has 1 aliphatic heterocycles. The Labute approximate surface area is 124 Å². The van der Waals surface area contributed by atoms with E-state index in [9.17, 15) is 10.2 Å². The number of phenolic OH excluding ortho intramolecular Hbond substituents is 2. The smallest absolute Gasteiger partial charge is 0.157 e. The standard InChI is InChI=1S/C16H17NO2.ClH/c18-15-8-12-6-7-17-10-14(13(12)9-16(15)19)11-4-2-1-3-5-11;/h1-5,8-9,14,17-19H,6-7,10H2;1H/p-1/t14-;/m1./s1. The molecule has 3 rings (SSSR count). The fraction of sp³-hybridized carbons (Fsp3) is 0.250. The van der Waals surface area contributed by atoms with Crippen molar-refractivity contribution in [1.82, 2.24) is 5.32 Å². The summed E-state index contributed by atoms with van der Waals surface area (Å²) in [5.41, 5.74) is 3.43. The molecule has 0 amide bonds. The second kappa shape index (κ2) is 6.16. The van der Waals surface area contributed by atoms with Gasteiger partial charge in [-0.25, -0.2) is 0 Å². The molecule has 0 aromatic heterocycles. The van der Waals surface area contributed by atoms with Gasteiger partial charge in [0.2, 0.25) is 0 Å². The lowest BCUT2D eigenvalue weighted by atomic mass is 9.88. The molecule has 4 heteroatoms. The van der Waals surface area contributed by atoms with Gasteiger partial charge in [0.05, 0.1) is 0 Å². The van der Waals surface area contributed by atoms with Crippen molar-refractivity contribution in [3.8, 4) is 11.5 Å². The predicted molar refractivity (Wildman–Crippen MR) is 74.6 cm³/mol. The number of nitrogens with one attached hydrogen (secondary N) is 1. The maximum atomic E-state index is 9.76. The monoisotopic (exact) mass is 290 g/mol. The second-order valence-corrected chi connectivity index (χ2v) is 4.96. The van der Waals surface area contributed by atoms with Crippen molar-refractivity contribution in [1.29, 1.82) is 0 Å². The Morgan fingerprint density at radius 2 is 1.70 bits per heavy atom. The first kappa shape index (κ1) is 14.7. The molecule has 0 saturated heterocycles. The number of fused-ring (bicyclic) bond motifs is 1. The van der Waals surface area contributed by atoms with Gasteiger partial charge in [0.15, 0.2) is 11.5 Å². The summed E-state index contributed by atoms with van der Waals surface area (Å²) in [6.45, 7) is 1.74. The Kier molecular flexibility index (Phi) is 4.53. The third-order valence-electron chi connectivity index (χ3n) is 3.73. The molecular formula is C16H17ClNO2-. The van der Waals surface area contributed by atoms with E-state index >= 15 is 0 Å². The van der Waals surface area contributed by atoms with Gasteiger partial charge in [0.25, 0.3) is 0 Å². The summed E-state index contributed by atoms with van der Waals surface area (Å²) in [6.07, 6.45) is 0.868. The lowest BCUT2D eigenvalue weighted by Gasteiger charge is -2.18. The number of phenols is 2. The lowest BCUT2D eigenvalue weighted by Crippen LogP contribution is -3.00. The molecule has 1 atom stereocenters. The molecule has 106 valence electrons. The summed E-state index contributed by atoms with van der Waals surface area (Å²) in [5.74, 6) is 0.138. The van der Waals surface area contributed by atoms with Crippen molar-refractivity contribution in [3.63, 3.8) is 0 Å². The van der Waals surface area contributed by atoms with Crippen molar-refractivity contribution < 1.29 is 22.6 Å². The van der Waals surface area contributed by atoms with E-state index in [0.29, 0.717) is 0 Å². The number of halogens is 1. The molecule has 0 radical (unpaired) electrons. The van der Waals surface area contributed by atoms with E-state index in [0.717, 1.165) is 30.6 Å². The Balaban J connectivity index is 0.00000147. The SMILES string of the molecule is Oc1cc2c(cc1O)[C@@H](c1ccccc1)CNCC2.[Cl-]. The minimum absolute atomic E-state index is 0. The van der Waals surface area contributed by atoms with E-state index in [1.807, 2.05) is 18.2 Å². The summed E-state index contributed by atoms with van der Waals surface area (Å²) >= 11 is 0. The molecule has 0 saturated carbocycles. The Hall–Kier alpha value is -1.71. The molecule has 0 fully saturated rings. The summed E-state index contributed by atoms with van der Waals surface area (Å²) in [4.78, 5) is 0. The molecule has 2 aromatic rings. The van der Waals surface area contributed by atoms with Crippen molar-refractivity contribution in [2.75, 3.05) is 13.1 Å². The van der Waals surface area contributed by atoms with Crippen LogP contribution < -0.4 is 17.7 Å². The molecule has 1 aliphatic rings. The fourth-order valence-corrected chi connectivity index (χ4v) is 2.74. The molecule has 0 unspecified atom stereocenters. The van der Waals surface area contributed by atoms with E-state index in [4.69, 9.17) is 0 Å². The van der Waals surface area contributed by atoms with Crippen LogP contribution in [0.3, 0.4) is 0 Å². The number of aromatic hydroxyl groups is 2. The predicted octanol–water partition coefficient (Wildman–Crippen LogP) is -0.621. The van der Waals surface area contributed by atoms with E-state index < -0.39 is 0 Å². The number of hydrogen-bond donors (Lipinski definition) is 3. The van der Waals surface area contributed by atoms with Crippen LogP contribution in [-0.2, 0) is 6.42 Å². The third kappa shape index (κ3) is 2.74. The normalized spacial score (nSPS) is 17.7. The van der Waals surface area contributed by atoms with Crippen LogP contribution in [0.2, 0.25) is 0 Å². The van der Waals surface area contributed by atoms with Gasteiger partial charge in [0, 0.05) is 12.5 Å². The van der Waals surface area contributed by atoms with Gasteiger partial charge in [-0.05, 0) is 41.8 Å². The minimum Gasteiger partial charge on any atom is -1.00 e. The molecule has 3 nitrogen and oxygen atoms in total. The van der Waals surface area contributed by atoms with Crippen LogP contribution in [0, 0.1) is 0 Å². The maximum absolute atomic E-state index is 9.76. The fourth-order valence-electron chi connectivity index (χ4n) is 2.74. The van der Waals surface area contributed by atoms with Gasteiger partial charge in [0.1, 0.15) is 0 Å². The van der Waals surface area contributed by atoms with Crippen LogP contribution >= 0.6 is 0 Å². The van der Waals surface area contributed by atoms with E-state index in [2.05, 4.69) is 17.4 Å². The van der Waals surface area contributed by atoms with Crippen molar-refractivity contribution in [2.24, 2.45) is 0 Å². The number of benzene rings is 2. The molecule has 3 N–H and O–H groups in total. The Morgan fingerprint density at radius 1 is 1.00 bits per heavy atom. The van der Waals surface area contributed by atoms with Crippen LogP contribution in [0.15, 0.2) is 42.5 Å². The highest BCUT2D eigenvalue weighted by Gasteiger charge is 2.21. The Bertz CT molecular complexity index is 587. The molecule has 0 spiro atoms. The van der Waals surface area contributed by atoms with Gasteiger partial charge in [-0.2, -0.15) is 0 Å². The van der Waals surface area contributed by atoms with E-state index in [-0.39, 0.29) is 29.8 Å². The van der Waals surface area contributed by atoms with Gasteiger partial charge >= 0.3 is 0 Å². The highest BCUT2D eigenvalue weighted by molar-refractivity contribution is 5.50. The zero-order chi connectivity index (χ0) is 13.2. The van der Waals surface area contributed by atoms with Crippen LogP contribution in [0.25, 0.3) is 0 Å². The number of rotatable bonds is 1. The summed E-state index contributed by atoms with van der Waals surface area (Å²) in [7, 11) is 0. The maximum Gasteiger partial charge on any atom is 0.157 e. The zero-order valence-corrected chi connectivity index (χ0v) is 11.8. The number of hydrogen-bond acceptors (Lipinski definition) is 3. The third-order valence-corrected chi connectivity index (χ3v) is 3.73. The zero-order valence-electron chi connectivity index (χ0n) is 11.0. The van der Waals surface area contributed by atoms with Crippen molar-refractivity contribution >= 4 is 0 Å². The van der Waals surface area contributed by atoms with Crippen LogP contribution in [0.4, 0.5) is 0 Å². The van der Waals surface area contributed by atoms with Gasteiger partial charge in [-0.15, -0.1) is 0 Å². The van der Waals surface area contributed by atoms with E-state index in [1.54, 1.807) is 12.1 Å². The Morgan fingerprint density at radius 3 is 2.45 bits per heavy atom. The molecule has 1 heterocycles. The first-order valence-electron chi connectivity index (χ1n) is 6.56. The molecular weight excluding hydrogens is 274 g/mol. The van der Waals surface area contributed by atoms with Crippen LogP contribution in [0.5, 0.6) is 11.5 Å². The highest BCUT2D eigenvalue weighted by Crippen LogP contribution is 2.36. The first-order chi connectivity index (χ1) is 9.25. The average Bonchev–Trinajstić information content (AvgIpc) is 2.63. The summed E-state index contributed by atoms with van der Waals surface area (Å²) < 4.78 is 0. The first-order valence-corrected chi connectivity index (χ1v) is 6.56. The summed E-state index contributed by atoms with van der Waals surface area (Å²) in [6, 6.07) is 13.7. The van der Waals surface area contributed by atoms with Gasteiger partial charge < -0.3 is 27.9 Å². The van der Waals surface area contributed by atoms with Gasteiger partial charge in [-0.1, -0.05) is 30.3 Å². The van der Waals surface area contributed by atoms with Crippen molar-refractivity contribution in [3.05, 3.63) is 59.2 Å². The lowest BCUT2D eigenvalue weighted by molar-refractivity contribution is -0.00000560. The molecule has 0 aliphatic carbocycles. The largest absolute Gasteiger partial charge is 1.00 e. The van der Waals surface area contributed by atoms with Crippen molar-refractivity contribution in [2.45, 2.75) is 12.3 Å². The quantitative estimate of drug-likeness (QED) is 0.614. The average molecular weight is 291 g/mol. The molecule has 2 aromatic carbocycles. The van der Waals surface area contributed by atoms with Crippen LogP contribution in [-0.4, -0.2) is 23.3 Å². The molecule has 0 bridgehead atoms. The minimum atomic E-state index is -0.0402. The second-order valence-electron chi connectivity index (χ2n) is 4.96. The summed E-state index contributed by atoms with van der Waals surface area (Å²) in [5, 5.41) is 22.8. The highest BCUT2D eigenvalue weighted by atomic mass is 35.5. The van der Waals surface area contributed by atoms with E-state index in [1.165, 1.54) is 5.56 Å². The van der Waals surface area contributed by atoms with Crippen LogP contribution in [0.1, 0.15) is 22.6 Å². The molecule has 20 heavy (non-hydrogen) atoms. The topological polar surface area (TPSA) is 52.5 Å².